The number of hydrogen-bond acceptors (Lipinski definition) is 3. The van der Waals surface area contributed by atoms with E-state index in [0.717, 1.165) is 18.2 Å². The summed E-state index contributed by atoms with van der Waals surface area (Å²) >= 11 is 0. The molecule has 1 aliphatic carbocycles. The molecule has 30 heavy (non-hydrogen) atoms. The van der Waals surface area contributed by atoms with E-state index in [1.54, 1.807) is 0 Å². The first-order valence-electron chi connectivity index (χ1n) is 8.68. The molecule has 1 N–H and O–H groups in total. The number of hydrogen-bond donors (Lipinski definition) is 1. The third-order valence-corrected chi connectivity index (χ3v) is 6.14. The van der Waals surface area contributed by atoms with Crippen molar-refractivity contribution in [2.45, 2.75) is 50.2 Å². The molecule has 0 heterocycles. The van der Waals surface area contributed by atoms with Crippen molar-refractivity contribution in [3.8, 4) is 0 Å². The maximum atomic E-state index is 12.8. The number of nitrogens with one attached hydrogen (secondary N) is 1. The van der Waals surface area contributed by atoms with Crippen molar-refractivity contribution < 1.29 is 40.1 Å². The molecule has 11 heteroatoms. The molecule has 166 valence electrons. The van der Waals surface area contributed by atoms with Crippen molar-refractivity contribution in [3.63, 3.8) is 0 Å². The summed E-state index contributed by atoms with van der Waals surface area (Å²) in [6, 6.07) is 4.38. The number of carbonyl (C=O) groups excluding carboxylic acids is 1. The highest BCUT2D eigenvalue weighted by molar-refractivity contribution is 7.91. The normalized spacial score (nSPS) is 18.7. The van der Waals surface area contributed by atoms with Gasteiger partial charge in [0.25, 0.3) is 0 Å². The molecule has 1 aliphatic rings. The van der Waals surface area contributed by atoms with E-state index in [0.29, 0.717) is 0 Å². The molecule has 0 aromatic heterocycles. The van der Waals surface area contributed by atoms with Gasteiger partial charge in [-0.15, -0.1) is 13.2 Å². The van der Waals surface area contributed by atoms with Gasteiger partial charge in [-0.25, -0.2) is 0 Å². The first-order chi connectivity index (χ1) is 13.7. The van der Waals surface area contributed by atoms with Crippen LogP contribution in [0.15, 0.2) is 47.4 Å². The monoisotopic (exact) mass is 455 g/mol. The lowest BCUT2D eigenvalue weighted by molar-refractivity contribution is -0.336. The van der Waals surface area contributed by atoms with Crippen molar-refractivity contribution in [2.24, 2.45) is 0 Å². The first kappa shape index (κ1) is 24.1. The number of halogens is 6. The molecule has 0 radical (unpaired) electrons. The summed E-state index contributed by atoms with van der Waals surface area (Å²) in [5.41, 5.74) is -0.676. The minimum absolute atomic E-state index is 0.0889. The van der Waals surface area contributed by atoms with Crippen molar-refractivity contribution in [1.29, 1.82) is 0 Å². The van der Waals surface area contributed by atoms with Crippen LogP contribution in [-0.2, 0) is 33.1 Å². The van der Waals surface area contributed by atoms with Gasteiger partial charge in [-0.2, -0.15) is 13.2 Å². The Bertz CT molecular complexity index is 874. The first-order valence-corrected chi connectivity index (χ1v) is 9.83. The number of ether oxygens (including phenoxy) is 1. The summed E-state index contributed by atoms with van der Waals surface area (Å²) in [5.74, 6) is -0.720. The Morgan fingerprint density at radius 2 is 1.87 bits per heavy atom. The van der Waals surface area contributed by atoms with Crippen molar-refractivity contribution in [1.82, 2.24) is 5.32 Å². The predicted octanol–water partition coefficient (Wildman–Crippen LogP) is 4.60. The number of alkyl halides is 6. The summed E-state index contributed by atoms with van der Waals surface area (Å²) in [6.45, 7) is 2.44. The van der Waals surface area contributed by atoms with Crippen LogP contribution < -0.4 is 5.32 Å². The van der Waals surface area contributed by atoms with E-state index in [1.807, 2.05) is 0 Å². The molecule has 1 aromatic rings. The average molecular weight is 455 g/mol. The second-order valence-electron chi connectivity index (χ2n) is 6.98. The van der Waals surface area contributed by atoms with Gasteiger partial charge in [0.2, 0.25) is 5.91 Å². The van der Waals surface area contributed by atoms with Gasteiger partial charge >= 0.3 is 12.5 Å². The number of amides is 1. The lowest BCUT2D eigenvalue weighted by Crippen LogP contribution is -2.45. The van der Waals surface area contributed by atoms with Gasteiger partial charge in [0.1, 0.15) is 4.75 Å². The molecule has 1 amide bonds. The fraction of sp³-hybridized carbons (Fsp3) is 0.421. The van der Waals surface area contributed by atoms with Gasteiger partial charge in [-0.1, -0.05) is 30.4 Å². The Labute approximate surface area is 171 Å². The molecule has 0 saturated heterocycles. The van der Waals surface area contributed by atoms with Crippen LogP contribution in [0.3, 0.4) is 0 Å². The van der Waals surface area contributed by atoms with Gasteiger partial charge in [-0.3, -0.25) is 13.7 Å². The van der Waals surface area contributed by atoms with Crippen LogP contribution in [0, 0.1) is 0 Å². The lowest BCUT2D eigenvalue weighted by atomic mass is 10.1. The van der Waals surface area contributed by atoms with Crippen LogP contribution in [0.2, 0.25) is 0 Å². The minimum atomic E-state index is -4.86. The van der Waals surface area contributed by atoms with Gasteiger partial charge in [0.05, 0.1) is 22.5 Å². The third-order valence-electron chi connectivity index (χ3n) is 4.25. The van der Waals surface area contributed by atoms with Crippen LogP contribution in [0.5, 0.6) is 0 Å². The van der Waals surface area contributed by atoms with Crippen molar-refractivity contribution in [2.75, 3.05) is 0 Å². The number of benzene rings is 1. The molecule has 0 saturated carbocycles. The lowest BCUT2D eigenvalue weighted by Gasteiger charge is -2.27. The summed E-state index contributed by atoms with van der Waals surface area (Å²) in [6.07, 6.45) is -7.29. The van der Waals surface area contributed by atoms with E-state index < -0.39 is 45.7 Å². The smallest absolute Gasteiger partial charge is 0.351 e. The van der Waals surface area contributed by atoms with E-state index in [2.05, 4.69) is 10.1 Å². The zero-order valence-electron chi connectivity index (χ0n) is 15.9. The second-order valence-corrected chi connectivity index (χ2v) is 9.07. The molecule has 2 unspecified atom stereocenters. The molecule has 0 spiro atoms. The molecule has 2 rings (SSSR count). The van der Waals surface area contributed by atoms with Gasteiger partial charge in [0, 0.05) is 17.9 Å². The van der Waals surface area contributed by atoms with Crippen molar-refractivity contribution >= 4 is 16.7 Å². The highest BCUT2D eigenvalue weighted by Gasteiger charge is 2.39. The van der Waals surface area contributed by atoms with Gasteiger partial charge < -0.3 is 5.32 Å². The molecule has 1 aromatic carbocycles. The van der Waals surface area contributed by atoms with Crippen LogP contribution in [-0.4, -0.2) is 27.3 Å². The molecule has 0 fully saturated rings. The number of carbonyl (C=O) groups is 1. The van der Waals surface area contributed by atoms with Gasteiger partial charge in [-0.05, 0) is 31.5 Å². The molecule has 0 aliphatic heterocycles. The maximum Gasteiger partial charge on any atom is 0.523 e. The largest absolute Gasteiger partial charge is 0.523 e. The Morgan fingerprint density at radius 3 is 2.47 bits per heavy atom. The zero-order chi connectivity index (χ0) is 22.7. The van der Waals surface area contributed by atoms with Crippen LogP contribution >= 0.6 is 0 Å². The van der Waals surface area contributed by atoms with E-state index in [4.69, 9.17) is 0 Å². The topological polar surface area (TPSA) is 55.4 Å². The van der Waals surface area contributed by atoms with Crippen LogP contribution in [0.1, 0.15) is 31.4 Å². The summed E-state index contributed by atoms with van der Waals surface area (Å²) in [5, 5.41) is 2.43. The molecule has 2 atom stereocenters. The molecular formula is C19H19F6NO3S. The SMILES string of the molecule is CC(C)(C(=O)NCc1cccc(C(F)(F)F)c1)S(=O)C1=CC=CC(OC(F)(F)F)C1. The molecule has 0 bridgehead atoms. The quantitative estimate of drug-likeness (QED) is 0.638. The van der Waals surface area contributed by atoms with Crippen LogP contribution in [0.25, 0.3) is 0 Å². The Morgan fingerprint density at radius 1 is 1.20 bits per heavy atom. The second kappa shape index (κ2) is 8.93. The van der Waals surface area contributed by atoms with E-state index in [-0.39, 0.29) is 23.4 Å². The Balaban J connectivity index is 2.04. The summed E-state index contributed by atoms with van der Waals surface area (Å²) < 4.78 is 90.8. The molecular weight excluding hydrogens is 436 g/mol. The van der Waals surface area contributed by atoms with E-state index in [9.17, 15) is 35.3 Å². The highest BCUT2D eigenvalue weighted by Crippen LogP contribution is 2.31. The minimum Gasteiger partial charge on any atom is -0.351 e. The van der Waals surface area contributed by atoms with Gasteiger partial charge in [0.15, 0.2) is 0 Å². The summed E-state index contributed by atoms with van der Waals surface area (Å²) in [7, 11) is -2.00. The number of allylic oxidation sites excluding steroid dienone is 2. The summed E-state index contributed by atoms with van der Waals surface area (Å²) in [4.78, 5) is 12.6. The third kappa shape index (κ3) is 6.43. The predicted molar refractivity (Wildman–Crippen MR) is 98.3 cm³/mol. The van der Waals surface area contributed by atoms with Crippen LogP contribution in [0.4, 0.5) is 26.3 Å². The zero-order valence-corrected chi connectivity index (χ0v) is 16.8. The Kier molecular flexibility index (Phi) is 7.18. The van der Waals surface area contributed by atoms with Crippen molar-refractivity contribution in [3.05, 3.63) is 58.5 Å². The number of rotatable bonds is 6. The average Bonchev–Trinajstić information content (AvgIpc) is 2.63. The Hall–Kier alpha value is -2.14. The maximum absolute atomic E-state index is 12.8. The van der Waals surface area contributed by atoms with E-state index in [1.165, 1.54) is 38.1 Å². The fourth-order valence-electron chi connectivity index (χ4n) is 2.68. The van der Waals surface area contributed by atoms with E-state index >= 15 is 0 Å². The fourth-order valence-corrected chi connectivity index (χ4v) is 4.09. The highest BCUT2D eigenvalue weighted by atomic mass is 32.2. The standard InChI is InChI=1S/C19H19F6NO3S/c1-17(2,30(28)15-8-4-7-14(10-15)29-19(23,24)25)16(27)26-11-12-5-3-6-13(9-12)18(20,21)22/h3-9,14H,10-11H2,1-2H3,(H,26,27). The molecule has 4 nitrogen and oxygen atoms in total.